The number of H-pyrrole nitrogens is 1. The number of esters is 1. The summed E-state index contributed by atoms with van der Waals surface area (Å²) in [6, 6.07) is 0. The summed E-state index contributed by atoms with van der Waals surface area (Å²) in [6.07, 6.45) is 1.59. The van der Waals surface area contributed by atoms with Crippen LogP contribution < -0.4 is 0 Å². The molecule has 0 aliphatic carbocycles. The predicted octanol–water partition coefficient (Wildman–Crippen LogP) is 2.11. The Labute approximate surface area is 84.9 Å². The third-order valence-corrected chi connectivity index (χ3v) is 2.95. The summed E-state index contributed by atoms with van der Waals surface area (Å²) in [5, 5.41) is 0. The highest BCUT2D eigenvalue weighted by Gasteiger charge is 2.18. The zero-order valence-electron chi connectivity index (χ0n) is 7.96. The van der Waals surface area contributed by atoms with Gasteiger partial charge in [-0.15, -0.1) is 11.3 Å². The van der Waals surface area contributed by atoms with Crippen molar-refractivity contribution in [1.29, 1.82) is 0 Å². The molecular weight excluding hydrogens is 200 g/mol. The lowest BCUT2D eigenvalue weighted by Gasteiger charge is -1.99. The first-order chi connectivity index (χ1) is 6.74. The van der Waals surface area contributed by atoms with Gasteiger partial charge in [-0.2, -0.15) is 0 Å². The Morgan fingerprint density at radius 3 is 3.21 bits per heavy atom. The molecule has 0 aromatic carbocycles. The Kier molecular flexibility index (Phi) is 2.25. The summed E-state index contributed by atoms with van der Waals surface area (Å²) in [4.78, 5) is 20.4. The Balaban J connectivity index is 2.53. The van der Waals surface area contributed by atoms with Crippen LogP contribution in [0.25, 0.3) is 10.3 Å². The molecule has 5 heteroatoms. The van der Waals surface area contributed by atoms with E-state index in [1.807, 2.05) is 6.92 Å². The van der Waals surface area contributed by atoms with Crippen LogP contribution in [0, 0.1) is 6.92 Å². The third kappa shape index (κ3) is 1.29. The van der Waals surface area contributed by atoms with Crippen molar-refractivity contribution in [3.05, 3.63) is 16.8 Å². The van der Waals surface area contributed by atoms with E-state index in [2.05, 4.69) is 9.97 Å². The lowest BCUT2D eigenvalue weighted by Crippen LogP contribution is -2.05. The molecule has 2 heterocycles. The Morgan fingerprint density at radius 1 is 1.71 bits per heavy atom. The van der Waals surface area contributed by atoms with Crippen LogP contribution in [0.4, 0.5) is 0 Å². The molecule has 74 valence electrons. The van der Waals surface area contributed by atoms with E-state index in [0.717, 1.165) is 15.2 Å². The average Bonchev–Trinajstić information content (AvgIpc) is 2.63. The van der Waals surface area contributed by atoms with Crippen molar-refractivity contribution in [3.63, 3.8) is 0 Å². The number of fused-ring (bicyclic) bond motifs is 1. The molecule has 2 aromatic heterocycles. The fourth-order valence-electron chi connectivity index (χ4n) is 1.36. The van der Waals surface area contributed by atoms with Gasteiger partial charge in [0.2, 0.25) is 0 Å². The number of rotatable bonds is 2. The van der Waals surface area contributed by atoms with Crippen molar-refractivity contribution in [2.45, 2.75) is 13.8 Å². The molecular formula is C9H10N2O2S. The van der Waals surface area contributed by atoms with Crippen LogP contribution in [0.5, 0.6) is 0 Å². The van der Waals surface area contributed by atoms with Gasteiger partial charge in [-0.05, 0) is 13.8 Å². The van der Waals surface area contributed by atoms with Gasteiger partial charge in [0.25, 0.3) is 0 Å². The highest BCUT2D eigenvalue weighted by atomic mass is 32.1. The minimum absolute atomic E-state index is 0.277. The number of aromatic amines is 1. The van der Waals surface area contributed by atoms with E-state index in [0.29, 0.717) is 12.2 Å². The minimum Gasteiger partial charge on any atom is -0.462 e. The van der Waals surface area contributed by atoms with Gasteiger partial charge in [0, 0.05) is 4.88 Å². The van der Waals surface area contributed by atoms with E-state index < -0.39 is 0 Å². The van der Waals surface area contributed by atoms with Crippen LogP contribution in [0.1, 0.15) is 22.2 Å². The maximum atomic E-state index is 11.6. The standard InChI is InChI=1S/C9H10N2O2S/c1-3-13-9(12)6-5(2)14-8-7(6)10-4-11-8/h4H,3H2,1-2H3,(H,10,11). The Hall–Kier alpha value is -1.36. The van der Waals surface area contributed by atoms with Gasteiger partial charge in [0.1, 0.15) is 4.83 Å². The fourth-order valence-corrected chi connectivity index (χ4v) is 2.31. The summed E-state index contributed by atoms with van der Waals surface area (Å²) in [7, 11) is 0. The zero-order chi connectivity index (χ0) is 10.1. The number of hydrogen-bond acceptors (Lipinski definition) is 4. The molecule has 0 spiro atoms. The molecule has 14 heavy (non-hydrogen) atoms. The number of nitrogens with zero attached hydrogens (tertiary/aromatic N) is 1. The topological polar surface area (TPSA) is 55.0 Å². The molecule has 0 fully saturated rings. The second-order valence-electron chi connectivity index (χ2n) is 2.84. The predicted molar refractivity (Wildman–Crippen MR) is 54.7 cm³/mol. The summed E-state index contributed by atoms with van der Waals surface area (Å²) >= 11 is 1.50. The number of ether oxygens (including phenoxy) is 1. The number of aryl methyl sites for hydroxylation is 1. The van der Waals surface area contributed by atoms with Crippen molar-refractivity contribution >= 4 is 27.7 Å². The summed E-state index contributed by atoms with van der Waals surface area (Å²) in [6.45, 7) is 4.08. The molecule has 2 aromatic rings. The number of carbonyl (C=O) groups excluding carboxylic acids is 1. The second kappa shape index (κ2) is 3.42. The molecule has 0 aliphatic heterocycles. The SMILES string of the molecule is CCOC(=O)c1c(C)sc2nc[nH]c12. The molecule has 2 rings (SSSR count). The molecule has 0 unspecified atom stereocenters. The van der Waals surface area contributed by atoms with E-state index in [-0.39, 0.29) is 5.97 Å². The molecule has 0 saturated carbocycles. The van der Waals surface area contributed by atoms with E-state index in [9.17, 15) is 4.79 Å². The van der Waals surface area contributed by atoms with Gasteiger partial charge in [0.15, 0.2) is 0 Å². The number of hydrogen-bond donors (Lipinski definition) is 1. The molecule has 0 radical (unpaired) electrons. The lowest BCUT2D eigenvalue weighted by molar-refractivity contribution is 0.0528. The maximum Gasteiger partial charge on any atom is 0.341 e. The number of imidazole rings is 1. The lowest BCUT2D eigenvalue weighted by atomic mass is 10.2. The van der Waals surface area contributed by atoms with Crippen molar-refractivity contribution < 1.29 is 9.53 Å². The smallest absolute Gasteiger partial charge is 0.341 e. The van der Waals surface area contributed by atoms with Crippen LogP contribution in [0.2, 0.25) is 0 Å². The molecule has 0 atom stereocenters. The Bertz CT molecular complexity index is 472. The van der Waals surface area contributed by atoms with Crippen molar-refractivity contribution in [1.82, 2.24) is 9.97 Å². The monoisotopic (exact) mass is 210 g/mol. The number of thiophene rings is 1. The molecule has 0 aliphatic rings. The average molecular weight is 210 g/mol. The third-order valence-electron chi connectivity index (χ3n) is 1.94. The van der Waals surface area contributed by atoms with Crippen molar-refractivity contribution in [3.8, 4) is 0 Å². The summed E-state index contributed by atoms with van der Waals surface area (Å²) < 4.78 is 4.96. The normalized spacial score (nSPS) is 10.7. The number of nitrogens with one attached hydrogen (secondary N) is 1. The summed E-state index contributed by atoms with van der Waals surface area (Å²) in [5.41, 5.74) is 1.40. The van der Waals surface area contributed by atoms with Gasteiger partial charge in [-0.25, -0.2) is 9.78 Å². The van der Waals surface area contributed by atoms with Crippen LogP contribution in [0.15, 0.2) is 6.33 Å². The molecule has 0 saturated heterocycles. The van der Waals surface area contributed by atoms with Crippen LogP contribution in [-0.4, -0.2) is 22.5 Å². The fraction of sp³-hybridized carbons (Fsp3) is 0.333. The van der Waals surface area contributed by atoms with E-state index in [4.69, 9.17) is 4.74 Å². The van der Waals surface area contributed by atoms with Gasteiger partial charge in [-0.3, -0.25) is 0 Å². The minimum atomic E-state index is -0.277. The molecule has 0 amide bonds. The highest BCUT2D eigenvalue weighted by Crippen LogP contribution is 2.28. The zero-order valence-corrected chi connectivity index (χ0v) is 8.77. The second-order valence-corrected chi connectivity index (χ2v) is 4.04. The first kappa shape index (κ1) is 9.21. The van der Waals surface area contributed by atoms with Gasteiger partial charge in [-0.1, -0.05) is 0 Å². The van der Waals surface area contributed by atoms with Crippen molar-refractivity contribution in [2.75, 3.05) is 6.61 Å². The summed E-state index contributed by atoms with van der Waals surface area (Å²) in [5.74, 6) is -0.277. The first-order valence-corrected chi connectivity index (χ1v) is 5.15. The Morgan fingerprint density at radius 2 is 2.50 bits per heavy atom. The molecule has 0 bridgehead atoms. The molecule has 4 nitrogen and oxygen atoms in total. The highest BCUT2D eigenvalue weighted by molar-refractivity contribution is 7.19. The van der Waals surface area contributed by atoms with E-state index in [1.54, 1.807) is 13.3 Å². The van der Waals surface area contributed by atoms with E-state index in [1.165, 1.54) is 11.3 Å². The number of aromatic nitrogens is 2. The van der Waals surface area contributed by atoms with Crippen LogP contribution >= 0.6 is 11.3 Å². The van der Waals surface area contributed by atoms with Gasteiger partial charge < -0.3 is 9.72 Å². The molecule has 1 N–H and O–H groups in total. The quantitative estimate of drug-likeness (QED) is 0.772. The maximum absolute atomic E-state index is 11.6. The van der Waals surface area contributed by atoms with Gasteiger partial charge in [0.05, 0.1) is 24.0 Å². The first-order valence-electron chi connectivity index (χ1n) is 4.33. The van der Waals surface area contributed by atoms with Gasteiger partial charge >= 0.3 is 5.97 Å². The van der Waals surface area contributed by atoms with Crippen LogP contribution in [-0.2, 0) is 4.74 Å². The van der Waals surface area contributed by atoms with Crippen LogP contribution in [0.3, 0.4) is 0 Å². The number of carbonyl (C=O) groups is 1. The van der Waals surface area contributed by atoms with E-state index >= 15 is 0 Å². The van der Waals surface area contributed by atoms with Crippen molar-refractivity contribution in [2.24, 2.45) is 0 Å². The largest absolute Gasteiger partial charge is 0.462 e.